The minimum absolute atomic E-state index is 0.000324. The van der Waals surface area contributed by atoms with Gasteiger partial charge in [-0.2, -0.15) is 13.1 Å². The Morgan fingerprint density at radius 1 is 1.29 bits per heavy atom. The molecule has 0 amide bonds. The van der Waals surface area contributed by atoms with Gasteiger partial charge in [-0.25, -0.2) is 8.42 Å². The highest BCUT2D eigenvalue weighted by atomic mass is 32.2. The van der Waals surface area contributed by atoms with Crippen LogP contribution in [0.2, 0.25) is 0 Å². The van der Waals surface area contributed by atoms with E-state index in [9.17, 15) is 22.3 Å². The Morgan fingerprint density at radius 2 is 2.00 bits per heavy atom. The summed E-state index contributed by atoms with van der Waals surface area (Å²) in [6.07, 6.45) is 3.49. The number of halogens is 2. The van der Waals surface area contributed by atoms with Crippen LogP contribution in [0.3, 0.4) is 0 Å². The summed E-state index contributed by atoms with van der Waals surface area (Å²) in [6.45, 7) is 0.0306. The van der Waals surface area contributed by atoms with Gasteiger partial charge in [0.15, 0.2) is 0 Å². The van der Waals surface area contributed by atoms with Crippen LogP contribution in [-0.2, 0) is 10.0 Å². The largest absolute Gasteiger partial charge is 0.390 e. The number of fused-ring (bicyclic) bond motifs is 1. The van der Waals surface area contributed by atoms with Crippen LogP contribution in [0.1, 0.15) is 32.1 Å². The third-order valence-corrected chi connectivity index (χ3v) is 5.48. The van der Waals surface area contributed by atoms with Crippen molar-refractivity contribution < 1.29 is 22.3 Å². The molecule has 0 aromatic carbocycles. The van der Waals surface area contributed by atoms with E-state index in [1.54, 1.807) is 0 Å². The van der Waals surface area contributed by atoms with Crippen molar-refractivity contribution in [1.82, 2.24) is 4.31 Å². The number of hydrogen-bond donors (Lipinski definition) is 1. The fourth-order valence-corrected chi connectivity index (χ4v) is 3.84. The number of nitrogens with zero attached hydrogens (tertiary/aromatic N) is 1. The van der Waals surface area contributed by atoms with E-state index < -0.39 is 21.4 Å². The molecule has 1 saturated carbocycles. The maximum absolute atomic E-state index is 12.4. The summed E-state index contributed by atoms with van der Waals surface area (Å²) in [5, 5.41) is 10.3. The monoisotopic (exact) mass is 269 g/mol. The van der Waals surface area contributed by atoms with E-state index in [1.807, 2.05) is 0 Å². The molecule has 2 fully saturated rings. The van der Waals surface area contributed by atoms with Crippen molar-refractivity contribution in [2.24, 2.45) is 5.92 Å². The minimum Gasteiger partial charge on any atom is -0.390 e. The molecule has 1 N–H and O–H groups in total. The van der Waals surface area contributed by atoms with Gasteiger partial charge in [0.2, 0.25) is 0 Å². The van der Waals surface area contributed by atoms with Crippen LogP contribution in [-0.4, -0.2) is 42.3 Å². The summed E-state index contributed by atoms with van der Waals surface area (Å²) in [5.41, 5.74) is -0.841. The normalized spacial score (nSPS) is 35.9. The lowest BCUT2D eigenvalue weighted by Gasteiger charge is -2.46. The van der Waals surface area contributed by atoms with Crippen molar-refractivity contribution in [2.75, 3.05) is 13.1 Å². The molecule has 1 heterocycles. The lowest BCUT2D eigenvalue weighted by atomic mass is 9.72. The first kappa shape index (κ1) is 13.2. The first-order chi connectivity index (χ1) is 7.86. The molecule has 0 bridgehead atoms. The van der Waals surface area contributed by atoms with Crippen LogP contribution in [0.4, 0.5) is 8.78 Å². The summed E-state index contributed by atoms with van der Waals surface area (Å²) in [6, 6.07) is 0. The molecule has 0 spiro atoms. The number of rotatable bonds is 2. The van der Waals surface area contributed by atoms with Gasteiger partial charge in [-0.05, 0) is 19.3 Å². The Labute approximate surface area is 99.7 Å². The van der Waals surface area contributed by atoms with Gasteiger partial charge in [-0.3, -0.25) is 0 Å². The first-order valence-electron chi connectivity index (χ1n) is 5.86. The second-order valence-electron chi connectivity index (χ2n) is 4.96. The maximum atomic E-state index is 12.4. The molecule has 1 aliphatic heterocycles. The van der Waals surface area contributed by atoms with Gasteiger partial charge in [0.25, 0.3) is 10.0 Å². The zero-order valence-corrected chi connectivity index (χ0v) is 10.3. The number of sulfonamides is 1. The van der Waals surface area contributed by atoms with E-state index in [0.717, 1.165) is 17.1 Å². The highest BCUT2D eigenvalue weighted by molar-refractivity contribution is 7.89. The molecule has 2 rings (SSSR count). The number of alkyl halides is 2. The van der Waals surface area contributed by atoms with Crippen LogP contribution in [0.15, 0.2) is 0 Å². The lowest BCUT2D eigenvalue weighted by molar-refractivity contribution is -0.0823. The Kier molecular flexibility index (Phi) is 3.44. The Hall–Kier alpha value is -0.270. The lowest BCUT2D eigenvalue weighted by Crippen LogP contribution is -2.55. The zero-order chi connectivity index (χ0) is 12.7. The molecule has 2 aliphatic rings. The van der Waals surface area contributed by atoms with E-state index in [-0.39, 0.29) is 25.4 Å². The van der Waals surface area contributed by atoms with Crippen LogP contribution in [0.5, 0.6) is 0 Å². The van der Waals surface area contributed by atoms with Crippen LogP contribution in [0, 0.1) is 5.92 Å². The average molecular weight is 269 g/mol. The zero-order valence-electron chi connectivity index (χ0n) is 9.48. The third kappa shape index (κ3) is 2.32. The summed E-state index contributed by atoms with van der Waals surface area (Å²) in [5.74, 6) is -3.56. The average Bonchev–Trinajstić information content (AvgIpc) is 2.27. The predicted molar refractivity (Wildman–Crippen MR) is 58.0 cm³/mol. The standard InChI is InChI=1S/C10H17F2NO3S/c11-9(12)17(15,16)13-6-5-10(14)4-2-1-3-8(10)7-13/h8-9,14H,1-7H2. The van der Waals surface area contributed by atoms with Gasteiger partial charge in [0.05, 0.1) is 5.60 Å². The fourth-order valence-electron chi connectivity index (χ4n) is 2.88. The van der Waals surface area contributed by atoms with Crippen LogP contribution < -0.4 is 0 Å². The quantitative estimate of drug-likeness (QED) is 0.818. The smallest absolute Gasteiger partial charge is 0.350 e. The van der Waals surface area contributed by atoms with Crippen LogP contribution in [0.25, 0.3) is 0 Å². The summed E-state index contributed by atoms with van der Waals surface area (Å²) in [7, 11) is -4.49. The molecule has 17 heavy (non-hydrogen) atoms. The van der Waals surface area contributed by atoms with Crippen LogP contribution >= 0.6 is 0 Å². The predicted octanol–water partition coefficient (Wildman–Crippen LogP) is 1.17. The molecule has 2 atom stereocenters. The van der Waals surface area contributed by atoms with E-state index in [2.05, 4.69) is 0 Å². The molecule has 1 saturated heterocycles. The molecule has 0 radical (unpaired) electrons. The van der Waals surface area contributed by atoms with Crippen molar-refractivity contribution in [3.8, 4) is 0 Å². The Morgan fingerprint density at radius 3 is 2.65 bits per heavy atom. The van der Waals surface area contributed by atoms with E-state index in [4.69, 9.17) is 0 Å². The van der Waals surface area contributed by atoms with Gasteiger partial charge in [0, 0.05) is 19.0 Å². The topological polar surface area (TPSA) is 57.6 Å². The van der Waals surface area contributed by atoms with E-state index >= 15 is 0 Å². The van der Waals surface area contributed by atoms with Gasteiger partial charge in [0.1, 0.15) is 0 Å². The summed E-state index contributed by atoms with van der Waals surface area (Å²) in [4.78, 5) is 0. The highest BCUT2D eigenvalue weighted by Gasteiger charge is 2.46. The molecule has 1 aliphatic carbocycles. The Bertz CT molecular complexity index is 387. The van der Waals surface area contributed by atoms with Crippen molar-refractivity contribution in [2.45, 2.75) is 43.5 Å². The molecule has 0 aromatic rings. The minimum atomic E-state index is -4.49. The second-order valence-corrected chi connectivity index (χ2v) is 6.86. The van der Waals surface area contributed by atoms with Crippen molar-refractivity contribution >= 4 is 10.0 Å². The molecule has 7 heteroatoms. The van der Waals surface area contributed by atoms with Gasteiger partial charge in [-0.1, -0.05) is 12.8 Å². The second kappa shape index (κ2) is 4.44. The van der Waals surface area contributed by atoms with Crippen molar-refractivity contribution in [3.63, 3.8) is 0 Å². The van der Waals surface area contributed by atoms with Gasteiger partial charge >= 0.3 is 5.76 Å². The van der Waals surface area contributed by atoms with E-state index in [0.29, 0.717) is 12.8 Å². The SMILES string of the molecule is O=S(=O)(C(F)F)N1CCC2(O)CCCCC2C1. The van der Waals surface area contributed by atoms with Crippen molar-refractivity contribution in [1.29, 1.82) is 0 Å². The molecule has 4 nitrogen and oxygen atoms in total. The van der Waals surface area contributed by atoms with Gasteiger partial charge in [-0.15, -0.1) is 0 Å². The van der Waals surface area contributed by atoms with E-state index in [1.165, 1.54) is 0 Å². The fraction of sp³-hybridized carbons (Fsp3) is 1.00. The Balaban J connectivity index is 2.13. The molecule has 2 unspecified atom stereocenters. The highest BCUT2D eigenvalue weighted by Crippen LogP contribution is 2.40. The molecule has 0 aromatic heterocycles. The third-order valence-electron chi connectivity index (χ3n) is 3.98. The summed E-state index contributed by atoms with van der Waals surface area (Å²) < 4.78 is 48.4. The first-order valence-corrected chi connectivity index (χ1v) is 7.36. The number of hydrogen-bond acceptors (Lipinski definition) is 3. The summed E-state index contributed by atoms with van der Waals surface area (Å²) >= 11 is 0. The molecular weight excluding hydrogens is 252 g/mol. The number of piperidine rings is 1. The maximum Gasteiger partial charge on any atom is 0.350 e. The number of aliphatic hydroxyl groups is 1. The molecule has 100 valence electrons. The van der Waals surface area contributed by atoms with Gasteiger partial charge < -0.3 is 5.11 Å². The van der Waals surface area contributed by atoms with Crippen molar-refractivity contribution in [3.05, 3.63) is 0 Å². The molecular formula is C10H17F2NO3S.